The molecular weight excluding hydrogens is 274 g/mol. The summed E-state index contributed by atoms with van der Waals surface area (Å²) in [5.74, 6) is 0.429. The van der Waals surface area contributed by atoms with E-state index in [1.165, 1.54) is 24.6 Å². The van der Waals surface area contributed by atoms with Crippen LogP contribution in [0.5, 0.6) is 5.75 Å². The number of benzene rings is 1. The van der Waals surface area contributed by atoms with Gasteiger partial charge in [0.2, 0.25) is 0 Å². The lowest BCUT2D eigenvalue weighted by Crippen LogP contribution is -2.30. The Morgan fingerprint density at radius 3 is 2.85 bits per heavy atom. The number of hydrogen-bond donors (Lipinski definition) is 2. The Morgan fingerprint density at radius 1 is 1.40 bits per heavy atom. The average molecular weight is 297 g/mol. The molecule has 4 nitrogen and oxygen atoms in total. The summed E-state index contributed by atoms with van der Waals surface area (Å²) < 4.78 is 5.17. The molecule has 1 unspecified atom stereocenters. The zero-order valence-corrected chi connectivity index (χ0v) is 12.9. The summed E-state index contributed by atoms with van der Waals surface area (Å²) in [6.45, 7) is 2.16. The molecule has 0 bridgehead atoms. The van der Waals surface area contributed by atoms with Gasteiger partial charge in [0.1, 0.15) is 5.75 Å². The molecule has 0 saturated heterocycles. The minimum atomic E-state index is -0.339. The molecule has 2 N–H and O–H groups in total. The standard InChI is InChI=1S/C15H23NO3S/c1-3-4-5-6-10-14(15(17)16-18)20-13-9-7-8-12(11-13)19-2/h7-9,11,14,18H,3-6,10H2,1-2H3,(H,16,17). The van der Waals surface area contributed by atoms with E-state index in [1.54, 1.807) is 12.6 Å². The van der Waals surface area contributed by atoms with E-state index in [2.05, 4.69) is 6.92 Å². The monoisotopic (exact) mass is 297 g/mol. The van der Waals surface area contributed by atoms with Crippen LogP contribution in [0, 0.1) is 0 Å². The van der Waals surface area contributed by atoms with Gasteiger partial charge < -0.3 is 4.74 Å². The van der Waals surface area contributed by atoms with Crippen molar-refractivity contribution in [2.75, 3.05) is 7.11 Å². The normalized spacial score (nSPS) is 11.9. The van der Waals surface area contributed by atoms with Crippen molar-refractivity contribution in [1.29, 1.82) is 0 Å². The van der Waals surface area contributed by atoms with Crippen LogP contribution in [0.25, 0.3) is 0 Å². The van der Waals surface area contributed by atoms with Gasteiger partial charge in [-0.25, -0.2) is 5.48 Å². The van der Waals surface area contributed by atoms with Crippen LogP contribution in [0.1, 0.15) is 39.0 Å². The Kier molecular flexibility index (Phi) is 8.14. The van der Waals surface area contributed by atoms with Gasteiger partial charge in [0.05, 0.1) is 12.4 Å². The number of thioether (sulfide) groups is 1. The highest BCUT2D eigenvalue weighted by molar-refractivity contribution is 8.00. The molecule has 1 amide bonds. The lowest BCUT2D eigenvalue weighted by Gasteiger charge is -2.14. The number of rotatable bonds is 9. The summed E-state index contributed by atoms with van der Waals surface area (Å²) in [7, 11) is 1.62. The molecule has 0 aliphatic heterocycles. The minimum Gasteiger partial charge on any atom is -0.497 e. The van der Waals surface area contributed by atoms with E-state index >= 15 is 0 Å². The Hall–Kier alpha value is -1.20. The largest absolute Gasteiger partial charge is 0.497 e. The topological polar surface area (TPSA) is 58.6 Å². The van der Waals surface area contributed by atoms with Gasteiger partial charge in [0.15, 0.2) is 0 Å². The summed E-state index contributed by atoms with van der Waals surface area (Å²) in [4.78, 5) is 12.7. The molecule has 20 heavy (non-hydrogen) atoms. The second-order valence-corrected chi connectivity index (χ2v) is 5.89. The maximum absolute atomic E-state index is 11.7. The lowest BCUT2D eigenvalue weighted by atomic mass is 10.1. The van der Waals surface area contributed by atoms with Crippen molar-refractivity contribution in [2.24, 2.45) is 0 Å². The average Bonchev–Trinajstić information content (AvgIpc) is 2.49. The number of methoxy groups -OCH3 is 1. The van der Waals surface area contributed by atoms with Crippen molar-refractivity contribution in [2.45, 2.75) is 49.2 Å². The van der Waals surface area contributed by atoms with Crippen LogP contribution < -0.4 is 10.2 Å². The highest BCUT2D eigenvalue weighted by atomic mass is 32.2. The number of carbonyl (C=O) groups excluding carboxylic acids is 1. The van der Waals surface area contributed by atoms with Gasteiger partial charge in [-0.3, -0.25) is 10.0 Å². The van der Waals surface area contributed by atoms with Gasteiger partial charge in [-0.15, -0.1) is 11.8 Å². The van der Waals surface area contributed by atoms with Crippen LogP contribution in [0.4, 0.5) is 0 Å². The summed E-state index contributed by atoms with van der Waals surface area (Å²) in [6.07, 6.45) is 5.21. The molecule has 1 rings (SSSR count). The number of unbranched alkanes of at least 4 members (excludes halogenated alkanes) is 3. The predicted molar refractivity (Wildman–Crippen MR) is 81.3 cm³/mol. The Labute approximate surface area is 124 Å². The number of hydrogen-bond acceptors (Lipinski definition) is 4. The predicted octanol–water partition coefficient (Wildman–Crippen LogP) is 3.63. The van der Waals surface area contributed by atoms with E-state index in [0.29, 0.717) is 0 Å². The van der Waals surface area contributed by atoms with Crippen molar-refractivity contribution in [3.8, 4) is 5.75 Å². The molecule has 0 aliphatic rings. The zero-order chi connectivity index (χ0) is 14.8. The van der Waals surface area contributed by atoms with Gasteiger partial charge in [0, 0.05) is 4.90 Å². The molecule has 5 heteroatoms. The number of carbonyl (C=O) groups is 1. The van der Waals surface area contributed by atoms with Crippen LogP contribution in [0.3, 0.4) is 0 Å². The summed E-state index contributed by atoms with van der Waals surface area (Å²) in [5.41, 5.74) is 1.76. The molecule has 0 spiro atoms. The van der Waals surface area contributed by atoms with Gasteiger partial charge in [-0.2, -0.15) is 0 Å². The zero-order valence-electron chi connectivity index (χ0n) is 12.1. The summed E-state index contributed by atoms with van der Waals surface area (Å²) >= 11 is 1.46. The van der Waals surface area contributed by atoms with E-state index in [9.17, 15) is 4.79 Å². The van der Waals surface area contributed by atoms with Gasteiger partial charge in [-0.05, 0) is 24.6 Å². The smallest absolute Gasteiger partial charge is 0.256 e. The highest BCUT2D eigenvalue weighted by Crippen LogP contribution is 2.29. The van der Waals surface area contributed by atoms with E-state index in [1.807, 2.05) is 24.3 Å². The molecule has 0 fully saturated rings. The fourth-order valence-corrected chi connectivity index (χ4v) is 3.02. The second-order valence-electron chi connectivity index (χ2n) is 4.61. The lowest BCUT2D eigenvalue weighted by molar-refractivity contribution is -0.128. The Morgan fingerprint density at radius 2 is 2.20 bits per heavy atom. The van der Waals surface area contributed by atoms with E-state index in [-0.39, 0.29) is 11.2 Å². The van der Waals surface area contributed by atoms with Gasteiger partial charge in [-0.1, -0.05) is 38.7 Å². The molecule has 1 aromatic rings. The molecule has 112 valence electrons. The first kappa shape index (κ1) is 16.9. The van der Waals surface area contributed by atoms with Gasteiger partial charge >= 0.3 is 0 Å². The second kappa shape index (κ2) is 9.66. The van der Waals surface area contributed by atoms with Crippen molar-refractivity contribution in [1.82, 2.24) is 5.48 Å². The molecule has 1 aromatic carbocycles. The van der Waals surface area contributed by atoms with Gasteiger partial charge in [0.25, 0.3) is 5.91 Å². The highest BCUT2D eigenvalue weighted by Gasteiger charge is 2.19. The van der Waals surface area contributed by atoms with E-state index < -0.39 is 0 Å². The molecule has 0 radical (unpaired) electrons. The minimum absolute atomic E-state index is 0.274. The number of amides is 1. The number of nitrogens with one attached hydrogen (secondary N) is 1. The van der Waals surface area contributed by atoms with Crippen molar-refractivity contribution < 1.29 is 14.7 Å². The number of hydroxylamine groups is 1. The van der Waals surface area contributed by atoms with Crippen molar-refractivity contribution in [3.05, 3.63) is 24.3 Å². The van der Waals surface area contributed by atoms with Crippen LogP contribution in [-0.4, -0.2) is 23.5 Å². The van der Waals surface area contributed by atoms with Crippen LogP contribution in [0.2, 0.25) is 0 Å². The maximum Gasteiger partial charge on any atom is 0.256 e. The summed E-state index contributed by atoms with van der Waals surface area (Å²) in [6, 6.07) is 7.60. The Balaban J connectivity index is 2.61. The third kappa shape index (κ3) is 5.84. The SMILES string of the molecule is CCCCCCC(Sc1cccc(OC)c1)C(=O)NO. The first-order valence-electron chi connectivity index (χ1n) is 6.96. The molecule has 0 aromatic heterocycles. The molecule has 0 heterocycles. The van der Waals surface area contributed by atoms with E-state index in [0.717, 1.165) is 29.9 Å². The Bertz CT molecular complexity index is 412. The first-order chi connectivity index (χ1) is 9.71. The molecule has 0 saturated carbocycles. The third-order valence-corrected chi connectivity index (χ3v) is 4.30. The van der Waals surface area contributed by atoms with Crippen LogP contribution in [-0.2, 0) is 4.79 Å². The fraction of sp³-hybridized carbons (Fsp3) is 0.533. The van der Waals surface area contributed by atoms with Crippen molar-refractivity contribution >= 4 is 17.7 Å². The molecule has 1 atom stereocenters. The quantitative estimate of drug-likeness (QED) is 0.316. The van der Waals surface area contributed by atoms with Crippen LogP contribution >= 0.6 is 11.8 Å². The number of ether oxygens (including phenoxy) is 1. The van der Waals surface area contributed by atoms with E-state index in [4.69, 9.17) is 9.94 Å². The molecule has 0 aliphatic carbocycles. The fourth-order valence-electron chi connectivity index (χ4n) is 1.91. The van der Waals surface area contributed by atoms with Crippen molar-refractivity contribution in [3.63, 3.8) is 0 Å². The molecular formula is C15H23NO3S. The summed E-state index contributed by atoms with van der Waals surface area (Å²) in [5, 5.41) is 8.58. The third-order valence-electron chi connectivity index (χ3n) is 3.04. The van der Waals surface area contributed by atoms with Crippen LogP contribution in [0.15, 0.2) is 29.2 Å². The maximum atomic E-state index is 11.7. The first-order valence-corrected chi connectivity index (χ1v) is 7.83.